The maximum atomic E-state index is 12.2. The van der Waals surface area contributed by atoms with Crippen molar-refractivity contribution in [2.75, 3.05) is 6.54 Å². The van der Waals surface area contributed by atoms with Gasteiger partial charge in [-0.05, 0) is 31.9 Å². The Labute approximate surface area is 139 Å². The van der Waals surface area contributed by atoms with E-state index in [1.807, 2.05) is 6.07 Å². The van der Waals surface area contributed by atoms with Crippen LogP contribution >= 0.6 is 11.3 Å². The van der Waals surface area contributed by atoms with Crippen molar-refractivity contribution in [3.8, 4) is 0 Å². The van der Waals surface area contributed by atoms with Crippen molar-refractivity contribution in [2.45, 2.75) is 44.1 Å². The summed E-state index contributed by atoms with van der Waals surface area (Å²) in [5, 5.41) is 20.4. The minimum atomic E-state index is -0.443. The molecule has 0 spiro atoms. The van der Waals surface area contributed by atoms with Gasteiger partial charge >= 0.3 is 0 Å². The molecule has 0 radical (unpaired) electrons. The molecule has 2 N–H and O–H groups in total. The number of hydrogen-bond acceptors (Lipinski definition) is 5. The van der Waals surface area contributed by atoms with Crippen LogP contribution in [-0.4, -0.2) is 32.6 Å². The second kappa shape index (κ2) is 6.41. The fraction of sp³-hybridized carbons (Fsp3) is 0.562. The Bertz CT molecular complexity index is 686. The number of rotatable bonds is 5. The molecule has 0 bridgehead atoms. The third kappa shape index (κ3) is 3.30. The molecule has 1 atom stereocenters. The summed E-state index contributed by atoms with van der Waals surface area (Å²) in [6, 6.07) is 4.10. The smallest absolute Gasteiger partial charge is 0.273 e. The number of aliphatic hydroxyl groups excluding tert-OH is 1. The molecule has 2 heterocycles. The lowest BCUT2D eigenvalue weighted by Crippen LogP contribution is -2.38. The molecule has 1 fully saturated rings. The van der Waals surface area contributed by atoms with Gasteiger partial charge < -0.3 is 10.4 Å². The van der Waals surface area contributed by atoms with Crippen LogP contribution in [0.5, 0.6) is 0 Å². The molecule has 2 aromatic heterocycles. The van der Waals surface area contributed by atoms with Crippen LogP contribution in [-0.2, 0) is 12.5 Å². The first-order valence-corrected chi connectivity index (χ1v) is 8.75. The molecular formula is C16H22N4O2S. The van der Waals surface area contributed by atoms with E-state index in [-0.39, 0.29) is 11.3 Å². The number of thiophene rings is 1. The van der Waals surface area contributed by atoms with Crippen LogP contribution in [0.2, 0.25) is 0 Å². The fourth-order valence-electron chi connectivity index (χ4n) is 3.22. The molecule has 6 nitrogen and oxygen atoms in total. The molecule has 0 saturated heterocycles. The normalized spacial score (nSPS) is 18.0. The number of carbonyl (C=O) groups excluding carboxylic acids is 1. The molecule has 0 aromatic carbocycles. The van der Waals surface area contributed by atoms with Crippen molar-refractivity contribution in [2.24, 2.45) is 7.05 Å². The van der Waals surface area contributed by atoms with E-state index < -0.39 is 6.10 Å². The predicted molar refractivity (Wildman–Crippen MR) is 88.4 cm³/mol. The number of nitrogens with zero attached hydrogens (tertiary/aromatic N) is 3. The summed E-state index contributed by atoms with van der Waals surface area (Å²) in [6.07, 6.45) is 5.64. The number of aliphatic hydroxyl groups is 1. The van der Waals surface area contributed by atoms with Crippen LogP contribution in [0, 0.1) is 0 Å². The van der Waals surface area contributed by atoms with Gasteiger partial charge in [0.2, 0.25) is 0 Å². The summed E-state index contributed by atoms with van der Waals surface area (Å²) < 4.78 is 1.52. The Balaban J connectivity index is 1.74. The molecular weight excluding hydrogens is 312 g/mol. The second-order valence-electron chi connectivity index (χ2n) is 6.33. The number of aryl methyl sites for hydroxylation is 1. The zero-order valence-electron chi connectivity index (χ0n) is 13.5. The van der Waals surface area contributed by atoms with Crippen molar-refractivity contribution in [1.29, 1.82) is 0 Å². The highest BCUT2D eigenvalue weighted by atomic mass is 32.1. The summed E-state index contributed by atoms with van der Waals surface area (Å²) in [6.45, 7) is 2.38. The lowest BCUT2D eigenvalue weighted by atomic mass is 9.84. The standard InChI is InChI=1S/C16H22N4O2S/c1-11(21)13-5-6-14(23-13)16(7-3-4-8-16)10-17-15(22)12-9-20(2)19-18-12/h5-6,9,11,21H,3-4,7-8,10H2,1-2H3,(H,17,22)/t11-/m0/s1. The van der Waals surface area contributed by atoms with Gasteiger partial charge in [0.25, 0.3) is 5.91 Å². The summed E-state index contributed by atoms with van der Waals surface area (Å²) in [5.74, 6) is -0.184. The van der Waals surface area contributed by atoms with Crippen LogP contribution in [0.25, 0.3) is 0 Å². The van der Waals surface area contributed by atoms with E-state index in [9.17, 15) is 9.90 Å². The van der Waals surface area contributed by atoms with E-state index in [2.05, 4.69) is 21.7 Å². The molecule has 7 heteroatoms. The zero-order valence-corrected chi connectivity index (χ0v) is 14.3. The van der Waals surface area contributed by atoms with Gasteiger partial charge in [-0.2, -0.15) is 0 Å². The van der Waals surface area contributed by atoms with Gasteiger partial charge in [-0.3, -0.25) is 9.48 Å². The van der Waals surface area contributed by atoms with Crippen LogP contribution < -0.4 is 5.32 Å². The van der Waals surface area contributed by atoms with Gasteiger partial charge in [0.15, 0.2) is 5.69 Å². The van der Waals surface area contributed by atoms with Crippen molar-refractivity contribution < 1.29 is 9.90 Å². The van der Waals surface area contributed by atoms with E-state index in [0.29, 0.717) is 12.2 Å². The largest absolute Gasteiger partial charge is 0.388 e. The number of amides is 1. The molecule has 0 aliphatic heterocycles. The van der Waals surface area contributed by atoms with E-state index >= 15 is 0 Å². The third-order valence-electron chi connectivity index (χ3n) is 4.54. The highest BCUT2D eigenvalue weighted by molar-refractivity contribution is 7.12. The van der Waals surface area contributed by atoms with E-state index in [0.717, 1.165) is 17.7 Å². The second-order valence-corrected chi connectivity index (χ2v) is 7.44. The Kier molecular flexibility index (Phi) is 4.50. The first-order chi connectivity index (χ1) is 11.0. The lowest BCUT2D eigenvalue weighted by molar-refractivity contribution is 0.0938. The van der Waals surface area contributed by atoms with Gasteiger partial charge in [0.1, 0.15) is 0 Å². The predicted octanol–water partition coefficient (Wildman–Crippen LogP) is 2.17. The first kappa shape index (κ1) is 16.1. The SMILES string of the molecule is C[C@H](O)c1ccc(C2(CNC(=O)c3cn(C)nn3)CCCC2)s1. The van der Waals surface area contributed by atoms with Crippen molar-refractivity contribution in [3.05, 3.63) is 33.8 Å². The molecule has 3 rings (SSSR count). The minimum absolute atomic E-state index is 0.0182. The van der Waals surface area contributed by atoms with Crippen LogP contribution in [0.3, 0.4) is 0 Å². The van der Waals surface area contributed by atoms with Crippen molar-refractivity contribution in [3.63, 3.8) is 0 Å². The summed E-state index contributed by atoms with van der Waals surface area (Å²) in [7, 11) is 1.74. The van der Waals surface area contributed by atoms with Gasteiger partial charge in [-0.25, -0.2) is 0 Å². The number of aromatic nitrogens is 3. The molecule has 1 saturated carbocycles. The number of hydrogen-bond donors (Lipinski definition) is 2. The van der Waals surface area contributed by atoms with Crippen LogP contribution in [0.15, 0.2) is 18.3 Å². The summed E-state index contributed by atoms with van der Waals surface area (Å²) in [4.78, 5) is 14.5. The van der Waals surface area contributed by atoms with Crippen LogP contribution in [0.4, 0.5) is 0 Å². The quantitative estimate of drug-likeness (QED) is 0.878. The Hall–Kier alpha value is -1.73. The number of nitrogens with one attached hydrogen (secondary N) is 1. The average molecular weight is 334 g/mol. The first-order valence-electron chi connectivity index (χ1n) is 7.93. The van der Waals surface area contributed by atoms with E-state index in [1.54, 1.807) is 31.5 Å². The van der Waals surface area contributed by atoms with Gasteiger partial charge in [-0.1, -0.05) is 18.1 Å². The molecule has 1 aliphatic carbocycles. The van der Waals surface area contributed by atoms with E-state index in [1.165, 1.54) is 22.4 Å². The fourth-order valence-corrected chi connectivity index (χ4v) is 4.41. The molecule has 124 valence electrons. The zero-order chi connectivity index (χ0) is 16.4. The third-order valence-corrected chi connectivity index (χ3v) is 6.05. The van der Waals surface area contributed by atoms with Crippen molar-refractivity contribution in [1.82, 2.24) is 20.3 Å². The monoisotopic (exact) mass is 334 g/mol. The van der Waals surface area contributed by atoms with Gasteiger partial charge in [-0.15, -0.1) is 16.4 Å². The molecule has 2 aromatic rings. The van der Waals surface area contributed by atoms with E-state index in [4.69, 9.17) is 0 Å². The maximum absolute atomic E-state index is 12.2. The Morgan fingerprint density at radius 2 is 2.22 bits per heavy atom. The topological polar surface area (TPSA) is 80.0 Å². The van der Waals surface area contributed by atoms with Crippen molar-refractivity contribution >= 4 is 17.2 Å². The maximum Gasteiger partial charge on any atom is 0.273 e. The van der Waals surface area contributed by atoms with Gasteiger partial charge in [0, 0.05) is 28.8 Å². The Morgan fingerprint density at radius 1 is 1.48 bits per heavy atom. The van der Waals surface area contributed by atoms with Gasteiger partial charge in [0.05, 0.1) is 12.3 Å². The molecule has 1 amide bonds. The average Bonchev–Trinajstić information content (AvgIpc) is 3.25. The summed E-state index contributed by atoms with van der Waals surface area (Å²) >= 11 is 1.66. The minimum Gasteiger partial charge on any atom is -0.388 e. The molecule has 1 aliphatic rings. The molecule has 0 unspecified atom stereocenters. The Morgan fingerprint density at radius 3 is 2.78 bits per heavy atom. The summed E-state index contributed by atoms with van der Waals surface area (Å²) in [5.41, 5.74) is 0.326. The number of carbonyl (C=O) groups is 1. The highest BCUT2D eigenvalue weighted by Crippen LogP contribution is 2.44. The molecule has 23 heavy (non-hydrogen) atoms. The lowest BCUT2D eigenvalue weighted by Gasteiger charge is -2.28. The van der Waals surface area contributed by atoms with Crippen LogP contribution in [0.1, 0.15) is 59.0 Å². The highest BCUT2D eigenvalue weighted by Gasteiger charge is 2.37.